The summed E-state index contributed by atoms with van der Waals surface area (Å²) in [5.41, 5.74) is 0. The van der Waals surface area contributed by atoms with Crippen LogP contribution in [0, 0.1) is 0 Å². The molecule has 0 bridgehead atoms. The van der Waals surface area contributed by atoms with Crippen LogP contribution in [-0.4, -0.2) is 169 Å². The minimum Gasteiger partial charge on any atom is -0.394 e. The Morgan fingerprint density at radius 1 is 0.649 bits per heavy atom. The molecule has 0 radical (unpaired) electrons. The number of nitrogens with one attached hydrogen (secondary N) is 1. The lowest BCUT2D eigenvalue weighted by Gasteiger charge is -2.49. The molecule has 0 aliphatic carbocycles. The van der Waals surface area contributed by atoms with Crippen molar-refractivity contribution >= 4 is 5.91 Å². The molecule has 3 heterocycles. The number of carbonyl (C=O) groups excluding carboxylic acids is 1. The third kappa shape index (κ3) is 6.38. The molecule has 17 heteroatoms. The Labute approximate surface area is 210 Å². The molecule has 0 aromatic heterocycles. The number of aliphatic hydroxyl groups excluding tert-OH is 10. The molecule has 0 aromatic carbocycles. The minimum absolute atomic E-state index is 0.694. The van der Waals surface area contributed by atoms with Crippen molar-refractivity contribution in [3.63, 3.8) is 0 Å². The van der Waals surface area contributed by atoms with Crippen LogP contribution in [0.1, 0.15) is 6.92 Å². The Balaban J connectivity index is 1.90. The van der Waals surface area contributed by atoms with Crippen molar-refractivity contribution in [2.75, 3.05) is 19.8 Å². The number of rotatable bonds is 8. The van der Waals surface area contributed by atoms with Crippen molar-refractivity contribution in [2.45, 2.75) is 99.0 Å². The maximum absolute atomic E-state index is 12.0. The zero-order valence-electron chi connectivity index (χ0n) is 19.7. The SMILES string of the molecule is CC(=O)N[C@H]1[C@H](O[C@H]2[C@H](O)[C@@H](CO)OC(O)[C@@H]2O)O[C@H](CO)[C@@H](O)[C@@H]1O[C@@H]1O[C@H](CO)[C@H](O)[C@H](O)[C@H]1O. The van der Waals surface area contributed by atoms with Gasteiger partial charge in [-0.2, -0.15) is 0 Å². The fourth-order valence-electron chi connectivity index (χ4n) is 4.45. The van der Waals surface area contributed by atoms with E-state index in [4.69, 9.17) is 23.7 Å². The minimum atomic E-state index is -1.88. The molecule has 0 saturated carbocycles. The van der Waals surface area contributed by atoms with Gasteiger partial charge in [-0.25, -0.2) is 0 Å². The number of carbonyl (C=O) groups is 1. The van der Waals surface area contributed by atoms with Gasteiger partial charge in [0.15, 0.2) is 18.9 Å². The zero-order chi connectivity index (χ0) is 27.6. The van der Waals surface area contributed by atoms with Crippen LogP contribution in [0.3, 0.4) is 0 Å². The molecule has 3 aliphatic heterocycles. The Kier molecular flexibility index (Phi) is 10.5. The molecule has 1 amide bonds. The summed E-state index contributed by atoms with van der Waals surface area (Å²) in [5.74, 6) is -0.694. The molecule has 0 spiro atoms. The van der Waals surface area contributed by atoms with Crippen molar-refractivity contribution in [2.24, 2.45) is 0 Å². The highest BCUT2D eigenvalue weighted by atomic mass is 16.7. The van der Waals surface area contributed by atoms with Crippen LogP contribution in [0.5, 0.6) is 0 Å². The van der Waals surface area contributed by atoms with Crippen molar-refractivity contribution < 1.29 is 79.5 Å². The van der Waals surface area contributed by atoms with Crippen LogP contribution in [0.25, 0.3) is 0 Å². The average Bonchev–Trinajstić information content (AvgIpc) is 2.86. The van der Waals surface area contributed by atoms with Gasteiger partial charge >= 0.3 is 0 Å². The molecule has 15 atom stereocenters. The van der Waals surface area contributed by atoms with E-state index < -0.39 is 118 Å². The molecule has 3 saturated heterocycles. The highest BCUT2D eigenvalue weighted by Crippen LogP contribution is 2.32. The standard InChI is InChI=1S/C20H35NO16/c1-5(25)21-9-16(36-20-14(30)13(29)10(26)6(2-22)35-20)11(27)8(4-24)34-19(9)37-17-12(28)7(3-23)33-18(32)15(17)31/h6-20,22-24,26-32H,2-4H2,1H3,(H,21,25)/t6-,7-,8-,9-,10+,11-,12-,13+,14-,15-,16-,17+,18?,19+,20+/m1/s1. The largest absolute Gasteiger partial charge is 0.394 e. The summed E-state index contributed by atoms with van der Waals surface area (Å²) < 4.78 is 27.1. The van der Waals surface area contributed by atoms with Crippen LogP contribution in [0.2, 0.25) is 0 Å². The number of amides is 1. The first kappa shape index (κ1) is 30.4. The molecular weight excluding hydrogens is 510 g/mol. The monoisotopic (exact) mass is 545 g/mol. The van der Waals surface area contributed by atoms with E-state index in [1.807, 2.05) is 0 Å². The highest BCUT2D eigenvalue weighted by Gasteiger charge is 2.54. The van der Waals surface area contributed by atoms with Gasteiger partial charge in [-0.1, -0.05) is 0 Å². The van der Waals surface area contributed by atoms with Gasteiger partial charge in [-0.05, 0) is 0 Å². The van der Waals surface area contributed by atoms with Gasteiger partial charge in [-0.3, -0.25) is 4.79 Å². The average molecular weight is 545 g/mol. The molecule has 1 unspecified atom stereocenters. The molecule has 11 N–H and O–H groups in total. The van der Waals surface area contributed by atoms with Gasteiger partial charge in [-0.15, -0.1) is 0 Å². The fourth-order valence-corrected chi connectivity index (χ4v) is 4.45. The van der Waals surface area contributed by atoms with Gasteiger partial charge in [0.2, 0.25) is 5.91 Å². The van der Waals surface area contributed by atoms with Crippen LogP contribution in [0.15, 0.2) is 0 Å². The molecule has 3 fully saturated rings. The second-order valence-electron chi connectivity index (χ2n) is 9.07. The smallest absolute Gasteiger partial charge is 0.217 e. The predicted octanol–water partition coefficient (Wildman–Crippen LogP) is -7.43. The third-order valence-electron chi connectivity index (χ3n) is 6.49. The third-order valence-corrected chi connectivity index (χ3v) is 6.49. The van der Waals surface area contributed by atoms with E-state index in [-0.39, 0.29) is 0 Å². The molecule has 0 aromatic rings. The summed E-state index contributed by atoms with van der Waals surface area (Å²) in [5, 5.41) is 103. The van der Waals surface area contributed by atoms with E-state index in [0.29, 0.717) is 0 Å². The Hall–Kier alpha value is -1.13. The first-order valence-corrected chi connectivity index (χ1v) is 11.6. The van der Waals surface area contributed by atoms with Crippen molar-refractivity contribution in [3.8, 4) is 0 Å². The van der Waals surface area contributed by atoms with Crippen molar-refractivity contribution in [3.05, 3.63) is 0 Å². The zero-order valence-corrected chi connectivity index (χ0v) is 19.7. The highest BCUT2D eigenvalue weighted by molar-refractivity contribution is 5.73. The fraction of sp³-hybridized carbons (Fsp3) is 0.950. The molecule has 3 aliphatic rings. The first-order valence-electron chi connectivity index (χ1n) is 11.6. The van der Waals surface area contributed by atoms with E-state index >= 15 is 0 Å². The maximum Gasteiger partial charge on any atom is 0.217 e. The van der Waals surface area contributed by atoms with Gasteiger partial charge in [0.05, 0.1) is 19.8 Å². The molecule has 37 heavy (non-hydrogen) atoms. The summed E-state index contributed by atoms with van der Waals surface area (Å²) in [6, 6.07) is -1.48. The summed E-state index contributed by atoms with van der Waals surface area (Å²) in [6.45, 7) is -1.25. The van der Waals surface area contributed by atoms with Gasteiger partial charge in [0, 0.05) is 6.92 Å². The van der Waals surface area contributed by atoms with E-state index in [1.165, 1.54) is 0 Å². The van der Waals surface area contributed by atoms with E-state index in [9.17, 15) is 55.9 Å². The second kappa shape index (κ2) is 12.8. The molecular formula is C20H35NO16. The molecule has 216 valence electrons. The lowest BCUT2D eigenvalue weighted by molar-refractivity contribution is -0.363. The lowest BCUT2D eigenvalue weighted by atomic mass is 9.94. The van der Waals surface area contributed by atoms with E-state index in [2.05, 4.69) is 5.32 Å². The Bertz CT molecular complexity index is 745. The predicted molar refractivity (Wildman–Crippen MR) is 113 cm³/mol. The quantitative estimate of drug-likeness (QED) is 0.135. The van der Waals surface area contributed by atoms with Crippen molar-refractivity contribution in [1.29, 1.82) is 0 Å². The number of ether oxygens (including phenoxy) is 5. The van der Waals surface area contributed by atoms with Crippen LogP contribution in [-0.2, 0) is 28.5 Å². The Morgan fingerprint density at radius 3 is 1.70 bits per heavy atom. The number of hydrogen-bond acceptors (Lipinski definition) is 16. The van der Waals surface area contributed by atoms with E-state index in [0.717, 1.165) is 6.92 Å². The summed E-state index contributed by atoms with van der Waals surface area (Å²) in [4.78, 5) is 12.0. The van der Waals surface area contributed by atoms with Crippen LogP contribution < -0.4 is 5.32 Å². The van der Waals surface area contributed by atoms with Gasteiger partial charge < -0.3 is 80.1 Å². The van der Waals surface area contributed by atoms with Gasteiger partial charge in [0.25, 0.3) is 0 Å². The summed E-state index contributed by atoms with van der Waals surface area (Å²) >= 11 is 0. The normalized spacial score (nSPS) is 49.0. The number of hydrogen-bond donors (Lipinski definition) is 11. The summed E-state index contributed by atoms with van der Waals surface area (Å²) in [7, 11) is 0. The van der Waals surface area contributed by atoms with Crippen LogP contribution in [0.4, 0.5) is 0 Å². The van der Waals surface area contributed by atoms with Crippen LogP contribution >= 0.6 is 0 Å². The van der Waals surface area contributed by atoms with Gasteiger partial charge in [0.1, 0.15) is 73.2 Å². The molecule has 3 rings (SSSR count). The lowest BCUT2D eigenvalue weighted by Crippen LogP contribution is -2.69. The van der Waals surface area contributed by atoms with Crippen molar-refractivity contribution in [1.82, 2.24) is 5.32 Å². The maximum atomic E-state index is 12.0. The second-order valence-corrected chi connectivity index (χ2v) is 9.07. The topological polar surface area (TPSA) is 278 Å². The Morgan fingerprint density at radius 2 is 1.14 bits per heavy atom. The first-order chi connectivity index (χ1) is 17.4. The van der Waals surface area contributed by atoms with E-state index in [1.54, 1.807) is 0 Å². The molecule has 17 nitrogen and oxygen atoms in total. The summed E-state index contributed by atoms with van der Waals surface area (Å²) in [6.07, 6.45) is -23.4. The number of aliphatic hydroxyl groups is 10.